The third-order valence-corrected chi connectivity index (χ3v) is 5.23. The summed E-state index contributed by atoms with van der Waals surface area (Å²) in [5.41, 5.74) is -3.82. The lowest BCUT2D eigenvalue weighted by molar-refractivity contribution is -0.141. The lowest BCUT2D eigenvalue weighted by Gasteiger charge is -2.21. The molecule has 0 amide bonds. The molecule has 2 N–H and O–H groups in total. The number of phenolic OH excluding ortho intramolecular Hbond substituents is 1. The molecule has 1 aromatic carbocycles. The average Bonchev–Trinajstić information content (AvgIpc) is 3.05. The SMILES string of the molecule is CC1(O)CCN(c2nnc(-c3ccc(C(F)(F)F)cc3O)c3ccc(C(F)(F)F)nc23)C1. The fourth-order valence-electron chi connectivity index (χ4n) is 3.62. The van der Waals surface area contributed by atoms with E-state index in [4.69, 9.17) is 0 Å². The summed E-state index contributed by atoms with van der Waals surface area (Å²) >= 11 is 0. The van der Waals surface area contributed by atoms with Crippen molar-refractivity contribution in [3.63, 3.8) is 0 Å². The van der Waals surface area contributed by atoms with Crippen molar-refractivity contribution in [2.75, 3.05) is 18.0 Å². The van der Waals surface area contributed by atoms with Crippen molar-refractivity contribution in [1.82, 2.24) is 15.2 Å². The zero-order valence-corrected chi connectivity index (χ0v) is 16.5. The molecule has 3 aromatic rings. The van der Waals surface area contributed by atoms with Crippen LogP contribution in [0, 0.1) is 0 Å². The molecule has 1 unspecified atom stereocenters. The predicted octanol–water partition coefficient (Wildman–Crippen LogP) is 4.40. The van der Waals surface area contributed by atoms with Gasteiger partial charge in [0.25, 0.3) is 0 Å². The number of rotatable bonds is 2. The Kier molecular flexibility index (Phi) is 4.96. The predicted molar refractivity (Wildman–Crippen MR) is 102 cm³/mol. The van der Waals surface area contributed by atoms with Gasteiger partial charge in [0.05, 0.1) is 11.2 Å². The van der Waals surface area contributed by atoms with Gasteiger partial charge in [0.2, 0.25) is 0 Å². The number of pyridine rings is 1. The lowest BCUT2D eigenvalue weighted by atomic mass is 10.0. The Morgan fingerprint density at radius 1 is 1.00 bits per heavy atom. The Morgan fingerprint density at radius 2 is 1.72 bits per heavy atom. The molecule has 2 aromatic heterocycles. The van der Waals surface area contributed by atoms with Gasteiger partial charge < -0.3 is 15.1 Å². The number of hydrogen-bond acceptors (Lipinski definition) is 6. The quantitative estimate of drug-likeness (QED) is 0.555. The molecule has 3 heterocycles. The highest BCUT2D eigenvalue weighted by molar-refractivity contribution is 5.99. The van der Waals surface area contributed by atoms with E-state index in [0.717, 1.165) is 24.3 Å². The molecule has 32 heavy (non-hydrogen) atoms. The van der Waals surface area contributed by atoms with Crippen molar-refractivity contribution < 1.29 is 36.6 Å². The second-order valence-electron chi connectivity index (χ2n) is 7.86. The third-order valence-electron chi connectivity index (χ3n) is 5.23. The maximum Gasteiger partial charge on any atom is 0.433 e. The summed E-state index contributed by atoms with van der Waals surface area (Å²) in [7, 11) is 0. The van der Waals surface area contributed by atoms with Gasteiger partial charge in [0.15, 0.2) is 5.82 Å². The number of hydrogen-bond donors (Lipinski definition) is 2. The first-order valence-electron chi connectivity index (χ1n) is 9.39. The highest BCUT2D eigenvalue weighted by Crippen LogP contribution is 2.40. The summed E-state index contributed by atoms with van der Waals surface area (Å²) in [6.45, 7) is 1.95. The van der Waals surface area contributed by atoms with E-state index in [9.17, 15) is 36.6 Å². The third kappa shape index (κ3) is 4.01. The molecule has 0 bridgehead atoms. The number of halogens is 6. The van der Waals surface area contributed by atoms with Crippen molar-refractivity contribution in [1.29, 1.82) is 0 Å². The molecule has 0 saturated carbocycles. The van der Waals surface area contributed by atoms with Gasteiger partial charge in [-0.1, -0.05) is 0 Å². The minimum Gasteiger partial charge on any atom is -0.507 e. The zero-order valence-electron chi connectivity index (χ0n) is 16.5. The van der Waals surface area contributed by atoms with Gasteiger partial charge >= 0.3 is 12.4 Å². The molecule has 1 saturated heterocycles. The molecule has 1 fully saturated rings. The van der Waals surface area contributed by atoms with Crippen LogP contribution in [0.2, 0.25) is 0 Å². The van der Waals surface area contributed by atoms with Crippen LogP contribution in [-0.4, -0.2) is 44.1 Å². The molecular formula is C20H16F6N4O2. The van der Waals surface area contributed by atoms with Crippen molar-refractivity contribution in [3.05, 3.63) is 41.6 Å². The van der Waals surface area contributed by atoms with Gasteiger partial charge in [-0.05, 0) is 43.7 Å². The Labute approximate surface area is 177 Å². The normalized spacial score (nSPS) is 19.7. The van der Waals surface area contributed by atoms with Gasteiger partial charge in [-0.2, -0.15) is 26.3 Å². The molecule has 0 aliphatic carbocycles. The van der Waals surface area contributed by atoms with Crippen LogP contribution in [0.4, 0.5) is 32.2 Å². The zero-order chi connectivity index (χ0) is 23.5. The van der Waals surface area contributed by atoms with Crippen LogP contribution in [0.3, 0.4) is 0 Å². The molecule has 12 heteroatoms. The minimum absolute atomic E-state index is 0.000901. The average molecular weight is 458 g/mol. The van der Waals surface area contributed by atoms with E-state index in [1.165, 1.54) is 0 Å². The summed E-state index contributed by atoms with van der Waals surface area (Å²) in [5.74, 6) is -0.758. The van der Waals surface area contributed by atoms with E-state index in [0.29, 0.717) is 19.0 Å². The van der Waals surface area contributed by atoms with Gasteiger partial charge in [0.1, 0.15) is 22.7 Å². The monoisotopic (exact) mass is 458 g/mol. The van der Waals surface area contributed by atoms with E-state index in [2.05, 4.69) is 15.2 Å². The molecule has 6 nitrogen and oxygen atoms in total. The summed E-state index contributed by atoms with van der Waals surface area (Å²) < 4.78 is 78.6. The number of aromatic hydroxyl groups is 1. The number of phenols is 1. The fourth-order valence-corrected chi connectivity index (χ4v) is 3.62. The van der Waals surface area contributed by atoms with Crippen LogP contribution in [-0.2, 0) is 12.4 Å². The van der Waals surface area contributed by atoms with Gasteiger partial charge in [-0.25, -0.2) is 4.98 Å². The summed E-state index contributed by atoms with van der Waals surface area (Å²) in [4.78, 5) is 5.24. The Hall–Kier alpha value is -3.15. The summed E-state index contributed by atoms with van der Waals surface area (Å²) in [6, 6.07) is 4.01. The largest absolute Gasteiger partial charge is 0.507 e. The first kappa shape index (κ1) is 22.1. The number of anilines is 1. The Bertz CT molecular complexity index is 1190. The van der Waals surface area contributed by atoms with Crippen molar-refractivity contribution >= 4 is 16.7 Å². The van der Waals surface area contributed by atoms with Gasteiger partial charge in [-0.3, -0.25) is 0 Å². The molecule has 1 atom stereocenters. The molecule has 0 radical (unpaired) electrons. The van der Waals surface area contributed by atoms with Crippen LogP contribution < -0.4 is 4.90 Å². The Morgan fingerprint density at radius 3 is 2.28 bits per heavy atom. The number of alkyl halides is 6. The fraction of sp³-hybridized carbons (Fsp3) is 0.350. The smallest absolute Gasteiger partial charge is 0.433 e. The topological polar surface area (TPSA) is 82.4 Å². The summed E-state index contributed by atoms with van der Waals surface area (Å²) in [6.07, 6.45) is -9.10. The Balaban J connectivity index is 1.92. The van der Waals surface area contributed by atoms with E-state index in [1.54, 1.807) is 11.8 Å². The number of aliphatic hydroxyl groups is 1. The minimum atomic E-state index is -4.75. The second kappa shape index (κ2) is 7.19. The molecular weight excluding hydrogens is 442 g/mol. The van der Waals surface area contributed by atoms with Crippen molar-refractivity contribution in [3.8, 4) is 17.0 Å². The maximum absolute atomic E-state index is 13.3. The second-order valence-corrected chi connectivity index (χ2v) is 7.86. The number of β-amino-alcohol motifs (C(OH)–C–C–N with tert-alkyl or cyclic N) is 1. The maximum atomic E-state index is 13.3. The highest BCUT2D eigenvalue weighted by atomic mass is 19.4. The number of nitrogens with zero attached hydrogens (tertiary/aromatic N) is 4. The first-order chi connectivity index (χ1) is 14.8. The number of benzene rings is 1. The van der Waals surface area contributed by atoms with Crippen LogP contribution in [0.15, 0.2) is 30.3 Å². The molecule has 170 valence electrons. The van der Waals surface area contributed by atoms with Crippen LogP contribution in [0.1, 0.15) is 24.6 Å². The van der Waals surface area contributed by atoms with E-state index in [1.807, 2.05) is 0 Å². The molecule has 1 aliphatic heterocycles. The number of aromatic nitrogens is 3. The lowest BCUT2D eigenvalue weighted by Crippen LogP contribution is -2.30. The van der Waals surface area contributed by atoms with E-state index in [-0.39, 0.29) is 34.5 Å². The standard InChI is InChI=1S/C20H16F6N4O2/c1-18(32)6-7-30(9-18)17-16-12(4-5-14(27-16)20(24,25)26)15(28-29-17)11-3-2-10(8-13(11)31)19(21,22)23/h2-5,8,31-32H,6-7,9H2,1H3. The van der Waals surface area contributed by atoms with Crippen molar-refractivity contribution in [2.45, 2.75) is 31.3 Å². The first-order valence-corrected chi connectivity index (χ1v) is 9.39. The van der Waals surface area contributed by atoms with Crippen molar-refractivity contribution in [2.24, 2.45) is 0 Å². The highest BCUT2D eigenvalue weighted by Gasteiger charge is 2.36. The van der Waals surface area contributed by atoms with Crippen LogP contribution in [0.5, 0.6) is 5.75 Å². The molecule has 1 aliphatic rings. The van der Waals surface area contributed by atoms with E-state index < -0.39 is 35.0 Å². The number of fused-ring (bicyclic) bond motifs is 1. The van der Waals surface area contributed by atoms with E-state index >= 15 is 0 Å². The van der Waals surface area contributed by atoms with Gasteiger partial charge in [-0.15, -0.1) is 10.2 Å². The summed E-state index contributed by atoms with van der Waals surface area (Å²) in [5, 5.41) is 28.4. The van der Waals surface area contributed by atoms with Crippen LogP contribution >= 0.6 is 0 Å². The molecule has 4 rings (SSSR count). The molecule has 0 spiro atoms. The van der Waals surface area contributed by atoms with Crippen LogP contribution in [0.25, 0.3) is 22.2 Å². The van der Waals surface area contributed by atoms with Gasteiger partial charge in [0, 0.05) is 24.0 Å².